The van der Waals surface area contributed by atoms with Gasteiger partial charge in [0.25, 0.3) is 0 Å². The highest BCUT2D eigenvalue weighted by molar-refractivity contribution is 7.89. The molecular weight excluding hydrogens is 304 g/mol. The van der Waals surface area contributed by atoms with Gasteiger partial charge >= 0.3 is 0 Å². The summed E-state index contributed by atoms with van der Waals surface area (Å²) in [5, 5.41) is 8.98. The van der Waals surface area contributed by atoms with Crippen molar-refractivity contribution in [2.24, 2.45) is 0 Å². The zero-order valence-electron chi connectivity index (χ0n) is 11.5. The van der Waals surface area contributed by atoms with Crippen LogP contribution in [0.2, 0.25) is 0 Å². The maximum atomic E-state index is 13.7. The van der Waals surface area contributed by atoms with Crippen molar-refractivity contribution in [3.8, 4) is 0 Å². The Kier molecular flexibility index (Phi) is 4.92. The zero-order chi connectivity index (χ0) is 15.6. The molecule has 5 nitrogen and oxygen atoms in total. The molecule has 2 unspecified atom stereocenters. The second-order valence-electron chi connectivity index (χ2n) is 5.07. The molecular formula is C13H17F2NO4S. The first-order chi connectivity index (χ1) is 9.83. The van der Waals surface area contributed by atoms with E-state index in [1.165, 1.54) is 0 Å². The molecule has 1 aromatic rings. The Morgan fingerprint density at radius 3 is 2.76 bits per heavy atom. The summed E-state index contributed by atoms with van der Waals surface area (Å²) < 4.78 is 59.2. The van der Waals surface area contributed by atoms with E-state index in [1.54, 1.807) is 0 Å². The Balaban J connectivity index is 2.29. The van der Waals surface area contributed by atoms with Crippen LogP contribution in [0.4, 0.5) is 8.78 Å². The minimum absolute atomic E-state index is 0.00498. The van der Waals surface area contributed by atoms with Crippen LogP contribution in [0.15, 0.2) is 17.0 Å². The van der Waals surface area contributed by atoms with Crippen LogP contribution in [0.1, 0.15) is 25.3 Å². The second-order valence-corrected chi connectivity index (χ2v) is 6.75. The van der Waals surface area contributed by atoms with Crippen LogP contribution in [0.5, 0.6) is 0 Å². The Morgan fingerprint density at radius 2 is 2.14 bits per heavy atom. The molecule has 2 N–H and O–H groups in total. The number of halogens is 2. The summed E-state index contributed by atoms with van der Waals surface area (Å²) in [7, 11) is -4.20. The largest absolute Gasteiger partial charge is 0.392 e. The van der Waals surface area contributed by atoms with Gasteiger partial charge in [-0.3, -0.25) is 0 Å². The topological polar surface area (TPSA) is 75.6 Å². The third-order valence-electron chi connectivity index (χ3n) is 3.33. The number of nitrogens with one attached hydrogen (secondary N) is 1. The van der Waals surface area contributed by atoms with Gasteiger partial charge < -0.3 is 9.84 Å². The molecule has 2 rings (SSSR count). The van der Waals surface area contributed by atoms with Crippen LogP contribution in [0.25, 0.3) is 0 Å². The lowest BCUT2D eigenvalue weighted by Gasteiger charge is -2.27. The van der Waals surface area contributed by atoms with Crippen molar-refractivity contribution in [2.75, 3.05) is 6.61 Å². The number of benzene rings is 1. The van der Waals surface area contributed by atoms with Gasteiger partial charge in [-0.15, -0.1) is 0 Å². The monoisotopic (exact) mass is 321 g/mol. The molecule has 1 aliphatic rings. The van der Waals surface area contributed by atoms with Gasteiger partial charge in [0.15, 0.2) is 11.6 Å². The van der Waals surface area contributed by atoms with E-state index in [-0.39, 0.29) is 17.7 Å². The summed E-state index contributed by atoms with van der Waals surface area (Å²) >= 11 is 0. The predicted molar refractivity (Wildman–Crippen MR) is 71.0 cm³/mol. The molecule has 21 heavy (non-hydrogen) atoms. The molecule has 0 radical (unpaired) electrons. The van der Waals surface area contributed by atoms with Gasteiger partial charge in [0, 0.05) is 12.6 Å². The quantitative estimate of drug-likeness (QED) is 0.876. The normalized spacial score (nSPS) is 23.2. The Bertz CT molecular complexity index is 621. The Labute approximate surface area is 122 Å². The zero-order valence-corrected chi connectivity index (χ0v) is 12.3. The lowest BCUT2D eigenvalue weighted by molar-refractivity contribution is 0.0173. The molecule has 1 aliphatic heterocycles. The van der Waals surface area contributed by atoms with Gasteiger partial charge in [-0.05, 0) is 37.5 Å². The molecule has 0 spiro atoms. The minimum atomic E-state index is -4.20. The fourth-order valence-electron chi connectivity index (χ4n) is 2.29. The molecule has 0 saturated carbocycles. The maximum Gasteiger partial charge on any atom is 0.243 e. The summed E-state index contributed by atoms with van der Waals surface area (Å²) in [5.74, 6) is -2.75. The molecule has 0 amide bonds. The number of aliphatic hydroxyl groups is 1. The standard InChI is InChI=1S/C13H17F2NO4S/c1-8-4-10(2-3-20-8)16-21(18,19)12-6-9(7-17)5-11(14)13(12)15/h5-6,8,10,16-17H,2-4,7H2,1H3. The highest BCUT2D eigenvalue weighted by Crippen LogP contribution is 2.22. The lowest BCUT2D eigenvalue weighted by atomic mass is 10.1. The summed E-state index contributed by atoms with van der Waals surface area (Å²) in [6.07, 6.45) is 0.827. The predicted octanol–water partition coefficient (Wildman–Crippen LogP) is 1.30. The van der Waals surface area contributed by atoms with E-state index >= 15 is 0 Å². The van der Waals surface area contributed by atoms with E-state index in [4.69, 9.17) is 9.84 Å². The van der Waals surface area contributed by atoms with Gasteiger partial charge in [0.2, 0.25) is 10.0 Å². The summed E-state index contributed by atoms with van der Waals surface area (Å²) in [6.45, 7) is 1.64. The average Bonchev–Trinajstić information content (AvgIpc) is 2.41. The number of sulfonamides is 1. The molecule has 2 atom stereocenters. The lowest BCUT2D eigenvalue weighted by Crippen LogP contribution is -2.41. The summed E-state index contributed by atoms with van der Waals surface area (Å²) in [5.41, 5.74) is -0.00498. The fraction of sp³-hybridized carbons (Fsp3) is 0.538. The Hall–Kier alpha value is -1.09. The molecule has 0 bridgehead atoms. The minimum Gasteiger partial charge on any atom is -0.392 e. The first-order valence-electron chi connectivity index (χ1n) is 6.56. The van der Waals surface area contributed by atoms with Crippen molar-refractivity contribution in [2.45, 2.75) is 43.4 Å². The Morgan fingerprint density at radius 1 is 1.43 bits per heavy atom. The van der Waals surface area contributed by atoms with Gasteiger partial charge in [0.1, 0.15) is 4.90 Å². The van der Waals surface area contributed by atoms with Crippen LogP contribution in [0.3, 0.4) is 0 Å². The van der Waals surface area contributed by atoms with Crippen molar-refractivity contribution < 1.29 is 27.0 Å². The fourth-order valence-corrected chi connectivity index (χ4v) is 3.71. The van der Waals surface area contributed by atoms with E-state index in [0.29, 0.717) is 19.4 Å². The van der Waals surface area contributed by atoms with Crippen molar-refractivity contribution in [1.82, 2.24) is 4.72 Å². The third kappa shape index (κ3) is 3.76. The third-order valence-corrected chi connectivity index (χ3v) is 4.85. The molecule has 8 heteroatoms. The summed E-state index contributed by atoms with van der Waals surface area (Å²) in [4.78, 5) is -0.786. The van der Waals surface area contributed by atoms with Gasteiger partial charge in [-0.2, -0.15) is 0 Å². The molecule has 0 aromatic heterocycles. The number of aliphatic hydroxyl groups excluding tert-OH is 1. The molecule has 1 saturated heterocycles. The second kappa shape index (κ2) is 6.35. The number of hydrogen-bond acceptors (Lipinski definition) is 4. The van der Waals surface area contributed by atoms with Crippen LogP contribution in [0, 0.1) is 11.6 Å². The van der Waals surface area contributed by atoms with Crippen molar-refractivity contribution >= 4 is 10.0 Å². The molecule has 0 aliphatic carbocycles. The molecule has 1 fully saturated rings. The van der Waals surface area contributed by atoms with Crippen molar-refractivity contribution in [3.63, 3.8) is 0 Å². The molecule has 1 heterocycles. The van der Waals surface area contributed by atoms with E-state index < -0.39 is 33.2 Å². The van der Waals surface area contributed by atoms with Gasteiger partial charge in [-0.25, -0.2) is 21.9 Å². The van der Waals surface area contributed by atoms with Gasteiger partial charge in [-0.1, -0.05) is 0 Å². The van der Waals surface area contributed by atoms with Crippen LogP contribution >= 0.6 is 0 Å². The maximum absolute atomic E-state index is 13.7. The SMILES string of the molecule is CC1CC(NS(=O)(=O)c2cc(CO)cc(F)c2F)CCO1. The number of hydrogen-bond donors (Lipinski definition) is 2. The first kappa shape index (κ1) is 16.3. The van der Waals surface area contributed by atoms with E-state index in [1.807, 2.05) is 6.92 Å². The highest BCUT2D eigenvalue weighted by Gasteiger charge is 2.28. The molecule has 118 valence electrons. The average molecular weight is 321 g/mol. The van der Waals surface area contributed by atoms with Crippen LogP contribution in [-0.2, 0) is 21.4 Å². The number of rotatable bonds is 4. The first-order valence-corrected chi connectivity index (χ1v) is 8.04. The van der Waals surface area contributed by atoms with E-state index in [9.17, 15) is 17.2 Å². The smallest absolute Gasteiger partial charge is 0.243 e. The van der Waals surface area contributed by atoms with E-state index in [2.05, 4.69) is 4.72 Å². The summed E-state index contributed by atoms with van der Waals surface area (Å²) in [6, 6.07) is 1.31. The van der Waals surface area contributed by atoms with Crippen molar-refractivity contribution in [3.05, 3.63) is 29.3 Å². The van der Waals surface area contributed by atoms with Crippen LogP contribution < -0.4 is 4.72 Å². The highest BCUT2D eigenvalue weighted by atomic mass is 32.2. The van der Waals surface area contributed by atoms with Gasteiger partial charge in [0.05, 0.1) is 12.7 Å². The van der Waals surface area contributed by atoms with Crippen molar-refractivity contribution in [1.29, 1.82) is 0 Å². The number of ether oxygens (including phenoxy) is 1. The van der Waals surface area contributed by atoms with Crippen LogP contribution in [-0.4, -0.2) is 32.3 Å². The molecule has 1 aromatic carbocycles. The van der Waals surface area contributed by atoms with E-state index in [0.717, 1.165) is 12.1 Å².